The van der Waals surface area contributed by atoms with Gasteiger partial charge in [0.2, 0.25) is 5.79 Å². The Morgan fingerprint density at radius 2 is 1.56 bits per heavy atom. The maximum absolute atomic E-state index is 14.6. The molecule has 2 bridgehead atoms. The number of methoxy groups -OCH3 is 2. The Kier molecular flexibility index (Phi) is 27.3. The number of halogens is 3. The molecule has 0 spiro atoms. The number of aliphatic hydroxyl groups is 3. The van der Waals surface area contributed by atoms with Crippen molar-refractivity contribution in [1.29, 1.82) is 0 Å². The van der Waals surface area contributed by atoms with Crippen molar-refractivity contribution in [3.05, 3.63) is 47.6 Å². The molecular formula is C57H88F3NO16. The highest BCUT2D eigenvalue weighted by Gasteiger charge is 2.53. The van der Waals surface area contributed by atoms with Crippen molar-refractivity contribution < 1.29 is 90.4 Å². The molecule has 1 saturated carbocycles. The molecule has 0 aromatic heterocycles. The van der Waals surface area contributed by atoms with E-state index < -0.39 is 96.6 Å². The number of hydrogen-bond acceptors (Lipinski definition) is 16. The molecule has 0 aromatic carbocycles. The number of piperidine rings is 1. The van der Waals surface area contributed by atoms with E-state index in [1.807, 2.05) is 26.0 Å². The van der Waals surface area contributed by atoms with Crippen LogP contribution in [0, 0.1) is 35.5 Å². The lowest BCUT2D eigenvalue weighted by molar-refractivity contribution is -0.327. The number of rotatable bonds is 15. The number of fused-ring (bicyclic) bond motifs is 3. The normalized spacial score (nSPS) is 36.2. The number of hydrogen-bond donors (Lipinski definition) is 3. The molecule has 4 rings (SSSR count). The maximum atomic E-state index is 14.6. The Bertz CT molecular complexity index is 2030. The monoisotopic (exact) mass is 1100 g/mol. The van der Waals surface area contributed by atoms with Crippen LogP contribution in [-0.4, -0.2) is 171 Å². The Balaban J connectivity index is 1.69. The molecule has 17 nitrogen and oxygen atoms in total. The molecule has 15 atom stereocenters. The predicted octanol–water partition coefficient (Wildman–Crippen LogP) is 7.12. The average molecular weight is 1100 g/mol. The predicted molar refractivity (Wildman–Crippen MR) is 278 cm³/mol. The molecule has 438 valence electrons. The number of carbonyl (C=O) groups is 5. The SMILES string of the molecule is CO[C@@H]1CC(C[C@@H](C)C2CC(=O)[C@H](C)/C=C(\C)[C@@H](O)[C@@H](OC)C(=O)[C@H](C)C[C@H](C)/C=C/C=C/C=C(\C)C(OCCOCCOC(F)(F)F)C[C@@H]3CC[C@@H](C)[C@@](O)(O3)C(=O)C(=O)N3CCCC[C@H]3C(=O)O2)CC[C@H]1OCCO. The Labute approximate surface area is 453 Å². The van der Waals surface area contributed by atoms with Gasteiger partial charge in [-0.2, -0.15) is 0 Å². The van der Waals surface area contributed by atoms with Crippen LogP contribution in [-0.2, 0) is 61.9 Å². The van der Waals surface area contributed by atoms with Crippen molar-refractivity contribution in [3.8, 4) is 0 Å². The first-order valence-corrected chi connectivity index (χ1v) is 27.5. The molecule has 77 heavy (non-hydrogen) atoms. The minimum absolute atomic E-state index is 0.0104. The van der Waals surface area contributed by atoms with E-state index in [0.717, 1.165) is 11.3 Å². The van der Waals surface area contributed by atoms with Crippen molar-refractivity contribution in [3.63, 3.8) is 0 Å². The molecular weight excluding hydrogens is 1010 g/mol. The molecule has 3 fully saturated rings. The third-order valence-corrected chi connectivity index (χ3v) is 15.6. The maximum Gasteiger partial charge on any atom is 0.522 e. The van der Waals surface area contributed by atoms with Crippen LogP contribution in [0.5, 0.6) is 0 Å². The van der Waals surface area contributed by atoms with Crippen molar-refractivity contribution in [1.82, 2.24) is 4.90 Å². The summed E-state index contributed by atoms with van der Waals surface area (Å²) in [7, 11) is 2.95. The summed E-state index contributed by atoms with van der Waals surface area (Å²) in [5.74, 6) is -8.88. The fourth-order valence-electron chi connectivity index (χ4n) is 11.0. The van der Waals surface area contributed by atoms with Crippen LogP contribution in [0.2, 0.25) is 0 Å². The minimum atomic E-state index is -4.80. The van der Waals surface area contributed by atoms with Crippen molar-refractivity contribution in [2.24, 2.45) is 35.5 Å². The Morgan fingerprint density at radius 1 is 0.831 bits per heavy atom. The van der Waals surface area contributed by atoms with Crippen LogP contribution in [0.25, 0.3) is 0 Å². The molecule has 3 aliphatic heterocycles. The van der Waals surface area contributed by atoms with E-state index in [4.69, 9.17) is 33.2 Å². The molecule has 0 radical (unpaired) electrons. The Morgan fingerprint density at radius 3 is 2.25 bits per heavy atom. The summed E-state index contributed by atoms with van der Waals surface area (Å²) in [4.78, 5) is 72.7. The van der Waals surface area contributed by atoms with Gasteiger partial charge in [-0.1, -0.05) is 71.1 Å². The quantitative estimate of drug-likeness (QED) is 0.0643. The van der Waals surface area contributed by atoms with E-state index in [-0.39, 0.29) is 101 Å². The lowest BCUT2D eigenvalue weighted by Gasteiger charge is -2.43. The van der Waals surface area contributed by atoms with Crippen molar-refractivity contribution in [2.75, 3.05) is 60.4 Å². The van der Waals surface area contributed by atoms with E-state index in [2.05, 4.69) is 4.74 Å². The molecule has 4 aliphatic rings. The fourth-order valence-corrected chi connectivity index (χ4v) is 11.0. The van der Waals surface area contributed by atoms with Crippen molar-refractivity contribution >= 4 is 29.2 Å². The lowest BCUT2D eigenvalue weighted by Crippen LogP contribution is -2.61. The number of ketones is 3. The van der Waals surface area contributed by atoms with Crippen LogP contribution < -0.4 is 0 Å². The highest BCUT2D eigenvalue weighted by Crippen LogP contribution is 2.38. The first-order valence-electron chi connectivity index (χ1n) is 27.5. The standard InChI is InChI=1S/C57H88F3NO16/c1-35-15-11-10-12-16-36(2)47(74-27-25-72-26-28-75-57(58,59)60)33-43-20-18-41(7)56(69,77-43)53(66)54(67)61-22-14-13-17-44(61)55(68)76-48(38(4)31-42-19-21-46(73-24-23-62)49(32-42)70-8)34-45(63)37(3)30-40(6)51(65)52(71-9)50(64)39(5)29-35/h10-12,15-16,30,35,37-39,41-44,46-49,51-52,62,65,69H,13-14,17-29,31-34H2,1-9H3/b12-10+,15-11+,36-16+,40-30+/t35-,37-,38-,39-,41-,42?,43+,44+,46-,47?,48?,49-,51-,52+,56-/m1/s1. The fraction of sp³-hybridized carbons (Fsp3) is 0.772. The Hall–Kier alpha value is -3.70. The van der Waals surface area contributed by atoms with Gasteiger partial charge in [0.1, 0.15) is 30.1 Å². The summed E-state index contributed by atoms with van der Waals surface area (Å²) in [6, 6.07) is -1.23. The van der Waals surface area contributed by atoms with Gasteiger partial charge in [-0.3, -0.25) is 23.9 Å². The number of alkyl halides is 3. The van der Waals surface area contributed by atoms with Gasteiger partial charge >= 0.3 is 12.3 Å². The molecule has 20 heteroatoms. The lowest BCUT2D eigenvalue weighted by atomic mass is 9.78. The summed E-state index contributed by atoms with van der Waals surface area (Å²) in [5.41, 5.74) is 1.04. The first kappa shape index (κ1) is 65.8. The van der Waals surface area contributed by atoms with Crippen LogP contribution in [0.4, 0.5) is 13.2 Å². The number of Topliss-reactive ketones (excluding diaryl/α,β-unsaturated/α-hetero) is 3. The summed E-state index contributed by atoms with van der Waals surface area (Å²) in [6.45, 7) is 11.2. The molecule has 3 N–H and O–H groups in total. The van der Waals surface area contributed by atoms with Gasteiger partial charge in [-0.05, 0) is 107 Å². The number of nitrogens with zero attached hydrogens (tertiary/aromatic N) is 1. The molecule has 3 unspecified atom stereocenters. The highest BCUT2D eigenvalue weighted by atomic mass is 19.4. The molecule has 1 aliphatic carbocycles. The second kappa shape index (κ2) is 31.9. The van der Waals surface area contributed by atoms with Crippen LogP contribution in [0.1, 0.15) is 126 Å². The number of allylic oxidation sites excluding steroid dienone is 6. The molecule has 3 heterocycles. The molecule has 1 amide bonds. The van der Waals surface area contributed by atoms with E-state index in [0.29, 0.717) is 56.1 Å². The summed E-state index contributed by atoms with van der Waals surface area (Å²) < 4.78 is 82.5. The van der Waals surface area contributed by atoms with E-state index >= 15 is 0 Å². The number of ether oxygens (including phenoxy) is 8. The van der Waals surface area contributed by atoms with Gasteiger partial charge in [0.05, 0.1) is 64.1 Å². The number of amides is 1. The van der Waals surface area contributed by atoms with Gasteiger partial charge < -0.3 is 53.4 Å². The van der Waals surface area contributed by atoms with Gasteiger partial charge in [-0.25, -0.2) is 4.79 Å². The first-order chi connectivity index (χ1) is 36.4. The third-order valence-electron chi connectivity index (χ3n) is 15.6. The van der Waals surface area contributed by atoms with Gasteiger partial charge in [0, 0.05) is 51.4 Å². The second-order valence-corrected chi connectivity index (χ2v) is 21.7. The van der Waals surface area contributed by atoms with Crippen LogP contribution in [0.3, 0.4) is 0 Å². The van der Waals surface area contributed by atoms with E-state index in [1.54, 1.807) is 66.0 Å². The van der Waals surface area contributed by atoms with E-state index in [1.165, 1.54) is 7.11 Å². The zero-order chi connectivity index (χ0) is 57.0. The van der Waals surface area contributed by atoms with Crippen LogP contribution >= 0.6 is 0 Å². The van der Waals surface area contributed by atoms with Gasteiger partial charge in [0.25, 0.3) is 11.7 Å². The largest absolute Gasteiger partial charge is 0.522 e. The number of aliphatic hydroxyl groups excluding tert-OH is 2. The van der Waals surface area contributed by atoms with Gasteiger partial charge in [0.15, 0.2) is 5.78 Å². The van der Waals surface area contributed by atoms with Crippen LogP contribution in [0.15, 0.2) is 47.6 Å². The van der Waals surface area contributed by atoms with E-state index in [9.17, 15) is 52.5 Å². The number of cyclic esters (lactones) is 1. The molecule has 2 saturated heterocycles. The third kappa shape index (κ3) is 20.1. The highest BCUT2D eigenvalue weighted by molar-refractivity contribution is 6.39. The zero-order valence-corrected chi connectivity index (χ0v) is 46.7. The summed E-state index contributed by atoms with van der Waals surface area (Å²) in [5, 5.41) is 33.0. The summed E-state index contributed by atoms with van der Waals surface area (Å²) in [6.07, 6.45) is 5.03. The molecule has 0 aromatic rings. The average Bonchev–Trinajstić information content (AvgIpc) is 3.39. The number of carbonyl (C=O) groups excluding carboxylic acids is 5. The smallest absolute Gasteiger partial charge is 0.460 e. The second-order valence-electron chi connectivity index (χ2n) is 21.7. The van der Waals surface area contributed by atoms with Gasteiger partial charge in [-0.15, -0.1) is 13.2 Å². The zero-order valence-electron chi connectivity index (χ0n) is 46.7. The minimum Gasteiger partial charge on any atom is -0.460 e. The topological polar surface area (TPSA) is 223 Å². The van der Waals surface area contributed by atoms with Crippen molar-refractivity contribution in [2.45, 2.75) is 186 Å². The summed E-state index contributed by atoms with van der Waals surface area (Å²) >= 11 is 0. The number of esters is 1.